The van der Waals surface area contributed by atoms with Gasteiger partial charge in [0.2, 0.25) is 11.8 Å². The number of amides is 2. The molecule has 144 valence electrons. The van der Waals surface area contributed by atoms with E-state index in [-0.39, 0.29) is 18.4 Å². The van der Waals surface area contributed by atoms with Crippen molar-refractivity contribution < 1.29 is 9.59 Å². The van der Waals surface area contributed by atoms with Crippen LogP contribution in [0.1, 0.15) is 22.6 Å². The molecule has 0 bridgehead atoms. The fraction of sp³-hybridized carbons (Fsp3) is 0.474. The van der Waals surface area contributed by atoms with E-state index in [2.05, 4.69) is 20.7 Å². The predicted molar refractivity (Wildman–Crippen MR) is 101 cm³/mol. The van der Waals surface area contributed by atoms with E-state index in [0.29, 0.717) is 26.2 Å². The van der Waals surface area contributed by atoms with Crippen LogP contribution in [0.15, 0.2) is 24.4 Å². The molecule has 2 aromatic heterocycles. The maximum atomic E-state index is 12.9. The lowest BCUT2D eigenvalue weighted by atomic mass is 10.1. The summed E-state index contributed by atoms with van der Waals surface area (Å²) in [5.74, 6) is -0.272. The van der Waals surface area contributed by atoms with Gasteiger partial charge in [-0.15, -0.1) is 0 Å². The van der Waals surface area contributed by atoms with Crippen molar-refractivity contribution in [2.45, 2.75) is 39.9 Å². The van der Waals surface area contributed by atoms with Crippen molar-refractivity contribution in [1.82, 2.24) is 30.3 Å². The molecule has 1 fully saturated rings. The Balaban J connectivity index is 1.66. The van der Waals surface area contributed by atoms with Crippen molar-refractivity contribution in [2.24, 2.45) is 0 Å². The van der Waals surface area contributed by atoms with Crippen LogP contribution in [0.4, 0.5) is 0 Å². The van der Waals surface area contributed by atoms with Gasteiger partial charge in [-0.05, 0) is 38.5 Å². The highest BCUT2D eigenvalue weighted by Gasteiger charge is 2.32. The summed E-state index contributed by atoms with van der Waals surface area (Å²) in [5, 5.41) is 10.5. The molecule has 0 aromatic carbocycles. The number of aromatic nitrogens is 3. The Morgan fingerprint density at radius 1 is 1.30 bits per heavy atom. The second kappa shape index (κ2) is 8.30. The smallest absolute Gasteiger partial charge is 0.245 e. The summed E-state index contributed by atoms with van der Waals surface area (Å²) >= 11 is 0. The summed E-state index contributed by atoms with van der Waals surface area (Å²) in [6.45, 7) is 7.98. The van der Waals surface area contributed by atoms with E-state index in [0.717, 1.165) is 22.6 Å². The van der Waals surface area contributed by atoms with Crippen LogP contribution in [0.5, 0.6) is 0 Å². The van der Waals surface area contributed by atoms with Crippen LogP contribution in [-0.2, 0) is 22.7 Å². The molecular weight excluding hydrogens is 344 g/mol. The second-order valence-corrected chi connectivity index (χ2v) is 6.80. The van der Waals surface area contributed by atoms with Crippen molar-refractivity contribution in [1.29, 1.82) is 0 Å². The number of pyridine rings is 1. The average Bonchev–Trinajstić information content (AvgIpc) is 2.93. The highest BCUT2D eigenvalue weighted by Crippen LogP contribution is 2.12. The normalized spacial score (nSPS) is 17.0. The lowest BCUT2D eigenvalue weighted by Gasteiger charge is -2.35. The number of hydrogen-bond acceptors (Lipinski definition) is 5. The van der Waals surface area contributed by atoms with E-state index in [4.69, 9.17) is 0 Å². The molecule has 0 unspecified atom stereocenters. The van der Waals surface area contributed by atoms with E-state index in [1.165, 1.54) is 0 Å². The van der Waals surface area contributed by atoms with Crippen LogP contribution in [0.25, 0.3) is 0 Å². The van der Waals surface area contributed by atoms with Crippen LogP contribution < -0.4 is 10.6 Å². The number of rotatable bonds is 5. The molecule has 0 saturated carbocycles. The Hall–Kier alpha value is -2.74. The van der Waals surface area contributed by atoms with E-state index in [1.807, 2.05) is 39.0 Å². The molecule has 2 amide bonds. The van der Waals surface area contributed by atoms with Crippen molar-refractivity contribution in [3.8, 4) is 0 Å². The molecule has 0 aliphatic carbocycles. The molecule has 1 aliphatic rings. The lowest BCUT2D eigenvalue weighted by molar-refractivity contribution is -0.142. The first-order valence-corrected chi connectivity index (χ1v) is 9.15. The molecule has 1 saturated heterocycles. The number of nitrogens with zero attached hydrogens (tertiary/aromatic N) is 4. The molecule has 0 spiro atoms. The number of piperazine rings is 1. The minimum absolute atomic E-state index is 0.0971. The zero-order valence-corrected chi connectivity index (χ0v) is 16.0. The zero-order valence-electron chi connectivity index (χ0n) is 16.0. The Morgan fingerprint density at radius 3 is 2.78 bits per heavy atom. The largest absolute Gasteiger partial charge is 0.349 e. The average molecular weight is 370 g/mol. The number of nitrogens with one attached hydrogen (secondary N) is 2. The van der Waals surface area contributed by atoms with Crippen molar-refractivity contribution in [3.05, 3.63) is 47.0 Å². The Bertz CT molecular complexity index is 817. The Kier molecular flexibility index (Phi) is 5.85. The maximum absolute atomic E-state index is 12.9. The summed E-state index contributed by atoms with van der Waals surface area (Å²) in [4.78, 5) is 31.4. The summed E-state index contributed by atoms with van der Waals surface area (Å²) in [6.07, 6.45) is 1.69. The number of aryl methyl sites for hydroxylation is 1. The molecule has 8 nitrogen and oxygen atoms in total. The highest BCUT2D eigenvalue weighted by atomic mass is 16.2. The molecule has 27 heavy (non-hydrogen) atoms. The fourth-order valence-electron chi connectivity index (χ4n) is 3.19. The summed E-state index contributed by atoms with van der Waals surface area (Å²) in [7, 11) is 0. The van der Waals surface area contributed by atoms with Gasteiger partial charge in [0.1, 0.15) is 12.6 Å². The van der Waals surface area contributed by atoms with E-state index in [9.17, 15) is 9.59 Å². The molecule has 2 aromatic rings. The third kappa shape index (κ3) is 4.33. The zero-order chi connectivity index (χ0) is 19.4. The number of carbonyl (C=O) groups excluding carboxylic acids is 2. The Morgan fingerprint density at radius 2 is 2.11 bits per heavy atom. The van der Waals surface area contributed by atoms with Crippen molar-refractivity contribution in [3.63, 3.8) is 0 Å². The van der Waals surface area contributed by atoms with E-state index in [1.54, 1.807) is 15.8 Å². The van der Waals surface area contributed by atoms with Crippen LogP contribution in [0.2, 0.25) is 0 Å². The molecule has 3 heterocycles. The van der Waals surface area contributed by atoms with Gasteiger partial charge in [-0.2, -0.15) is 5.10 Å². The highest BCUT2D eigenvalue weighted by molar-refractivity contribution is 5.88. The lowest BCUT2D eigenvalue weighted by Crippen LogP contribution is -2.60. The molecule has 2 N–H and O–H groups in total. The molecule has 8 heteroatoms. The third-order valence-corrected chi connectivity index (χ3v) is 5.06. The Labute approximate surface area is 159 Å². The van der Waals surface area contributed by atoms with Gasteiger partial charge in [0.05, 0.1) is 17.9 Å². The van der Waals surface area contributed by atoms with Gasteiger partial charge in [-0.25, -0.2) is 0 Å². The van der Waals surface area contributed by atoms with Gasteiger partial charge in [-0.1, -0.05) is 6.07 Å². The monoisotopic (exact) mass is 370 g/mol. The van der Waals surface area contributed by atoms with Gasteiger partial charge in [-0.3, -0.25) is 19.3 Å². The molecule has 1 aliphatic heterocycles. The molecule has 0 radical (unpaired) electrons. The van der Waals surface area contributed by atoms with Gasteiger partial charge in [0.25, 0.3) is 0 Å². The van der Waals surface area contributed by atoms with Crippen LogP contribution in [-0.4, -0.2) is 57.2 Å². The van der Waals surface area contributed by atoms with Gasteiger partial charge < -0.3 is 15.5 Å². The summed E-state index contributed by atoms with van der Waals surface area (Å²) < 4.78 is 1.72. The maximum Gasteiger partial charge on any atom is 0.245 e. The first kappa shape index (κ1) is 19.0. The quantitative estimate of drug-likeness (QED) is 0.791. The van der Waals surface area contributed by atoms with Crippen molar-refractivity contribution in [2.75, 3.05) is 19.6 Å². The molecule has 1 atom stereocenters. The van der Waals surface area contributed by atoms with Gasteiger partial charge in [0, 0.05) is 31.5 Å². The summed E-state index contributed by atoms with van der Waals surface area (Å²) in [6, 6.07) is 5.03. The third-order valence-electron chi connectivity index (χ3n) is 5.06. The predicted octanol–water partition coefficient (Wildman–Crippen LogP) is 0.320. The first-order valence-electron chi connectivity index (χ1n) is 9.15. The summed E-state index contributed by atoms with van der Waals surface area (Å²) in [5.41, 5.74) is 3.77. The van der Waals surface area contributed by atoms with E-state index < -0.39 is 6.04 Å². The van der Waals surface area contributed by atoms with Crippen molar-refractivity contribution >= 4 is 11.8 Å². The number of hydrogen-bond donors (Lipinski definition) is 2. The molecular formula is C19H26N6O2. The standard InChI is InChI=1S/C19H26N6O2/c1-13-14(2)23-25(15(13)3)12-18(26)24-9-8-20-11-17(24)19(27)22-10-16-6-4-5-7-21-16/h4-7,17,20H,8-12H2,1-3H3,(H,22,27)/t17-/m0/s1. The van der Waals surface area contributed by atoms with Crippen LogP contribution in [0.3, 0.4) is 0 Å². The molecule has 3 rings (SSSR count). The minimum atomic E-state index is -0.534. The second-order valence-electron chi connectivity index (χ2n) is 6.80. The fourth-order valence-corrected chi connectivity index (χ4v) is 3.19. The van der Waals surface area contributed by atoms with Gasteiger partial charge >= 0.3 is 0 Å². The van der Waals surface area contributed by atoms with Crippen LogP contribution >= 0.6 is 0 Å². The number of carbonyl (C=O) groups is 2. The van der Waals surface area contributed by atoms with Gasteiger partial charge in [0.15, 0.2) is 0 Å². The van der Waals surface area contributed by atoms with E-state index >= 15 is 0 Å². The first-order chi connectivity index (χ1) is 13.0. The van der Waals surface area contributed by atoms with Crippen LogP contribution in [0, 0.1) is 20.8 Å². The minimum Gasteiger partial charge on any atom is -0.349 e. The topological polar surface area (TPSA) is 92.2 Å². The SMILES string of the molecule is Cc1nn(CC(=O)N2CCNC[C@H]2C(=O)NCc2ccccn2)c(C)c1C.